The van der Waals surface area contributed by atoms with Crippen molar-refractivity contribution in [1.82, 2.24) is 20.0 Å². The molecule has 0 atom stereocenters. The number of rotatable bonds is 9. The van der Waals surface area contributed by atoms with E-state index in [1.807, 2.05) is 16.9 Å². The predicted octanol–water partition coefficient (Wildman–Crippen LogP) is 5.68. The molecule has 2 aromatic heterocycles. The van der Waals surface area contributed by atoms with Crippen LogP contribution < -0.4 is 0 Å². The van der Waals surface area contributed by atoms with E-state index in [0.717, 1.165) is 35.5 Å². The molecule has 136 valence electrons. The molecular weight excluding hydrogens is 320 g/mol. The van der Waals surface area contributed by atoms with Crippen LogP contribution in [0.1, 0.15) is 51.0 Å². The lowest BCUT2D eigenvalue weighted by molar-refractivity contribution is 0.519. The molecule has 0 unspecified atom stereocenters. The van der Waals surface area contributed by atoms with Crippen molar-refractivity contribution in [3.63, 3.8) is 0 Å². The Morgan fingerprint density at radius 1 is 0.885 bits per heavy atom. The van der Waals surface area contributed by atoms with Gasteiger partial charge in [0.25, 0.3) is 0 Å². The molecule has 0 aliphatic carbocycles. The van der Waals surface area contributed by atoms with Gasteiger partial charge in [0.2, 0.25) is 0 Å². The van der Waals surface area contributed by atoms with Gasteiger partial charge in [-0.1, -0.05) is 74.1 Å². The third-order valence-electron chi connectivity index (χ3n) is 4.72. The normalized spacial score (nSPS) is 11.0. The largest absolute Gasteiger partial charge is 0.264 e. The smallest absolute Gasteiger partial charge is 0.121 e. The lowest BCUT2D eigenvalue weighted by Gasteiger charge is -2.08. The number of hydrogen-bond donors (Lipinski definition) is 0. The van der Waals surface area contributed by atoms with Crippen LogP contribution in [0.2, 0.25) is 0 Å². The molecule has 0 N–H and O–H groups in total. The van der Waals surface area contributed by atoms with Gasteiger partial charge in [-0.15, -0.1) is 5.10 Å². The standard InChI is InChI=1S/C22H28N4/c1-3-4-5-6-7-8-16-26-22(20-10-9-15-23-17-20)21(24-25-26)19-13-11-18(2)12-14-19/h9-15,17H,3-8,16H2,1-2H3. The molecule has 26 heavy (non-hydrogen) atoms. The van der Waals surface area contributed by atoms with Crippen LogP contribution in [0.5, 0.6) is 0 Å². The Balaban J connectivity index is 1.82. The quantitative estimate of drug-likeness (QED) is 0.468. The number of nitrogens with zero attached hydrogens (tertiary/aromatic N) is 4. The van der Waals surface area contributed by atoms with Gasteiger partial charge in [-0.2, -0.15) is 0 Å². The Hall–Kier alpha value is -2.49. The molecule has 0 saturated carbocycles. The van der Waals surface area contributed by atoms with E-state index in [1.54, 1.807) is 6.20 Å². The average Bonchev–Trinajstić information content (AvgIpc) is 3.10. The second kappa shape index (κ2) is 9.27. The average molecular weight is 348 g/mol. The summed E-state index contributed by atoms with van der Waals surface area (Å²) >= 11 is 0. The van der Waals surface area contributed by atoms with Gasteiger partial charge in [0, 0.05) is 30.1 Å². The first-order valence-electron chi connectivity index (χ1n) is 9.70. The summed E-state index contributed by atoms with van der Waals surface area (Å²) < 4.78 is 2.05. The summed E-state index contributed by atoms with van der Waals surface area (Å²) in [6, 6.07) is 12.5. The van der Waals surface area contributed by atoms with E-state index < -0.39 is 0 Å². The Kier molecular flexibility index (Phi) is 6.53. The summed E-state index contributed by atoms with van der Waals surface area (Å²) in [6.45, 7) is 5.25. The molecule has 3 rings (SSSR count). The highest BCUT2D eigenvalue weighted by Gasteiger charge is 2.16. The van der Waals surface area contributed by atoms with Gasteiger partial charge in [-0.3, -0.25) is 4.98 Å². The first-order valence-corrected chi connectivity index (χ1v) is 9.70. The summed E-state index contributed by atoms with van der Waals surface area (Å²) in [6.07, 6.45) is 11.3. The highest BCUT2D eigenvalue weighted by molar-refractivity contribution is 5.77. The number of aromatic nitrogens is 4. The van der Waals surface area contributed by atoms with Gasteiger partial charge in [0.1, 0.15) is 5.69 Å². The monoisotopic (exact) mass is 348 g/mol. The van der Waals surface area contributed by atoms with E-state index in [1.165, 1.54) is 37.7 Å². The fourth-order valence-corrected chi connectivity index (χ4v) is 3.21. The first-order chi connectivity index (χ1) is 12.8. The zero-order valence-corrected chi connectivity index (χ0v) is 15.9. The molecule has 3 aromatic rings. The van der Waals surface area contributed by atoms with Crippen molar-refractivity contribution in [2.75, 3.05) is 0 Å². The van der Waals surface area contributed by atoms with Gasteiger partial charge >= 0.3 is 0 Å². The fraction of sp³-hybridized carbons (Fsp3) is 0.409. The fourth-order valence-electron chi connectivity index (χ4n) is 3.21. The van der Waals surface area contributed by atoms with Crippen molar-refractivity contribution in [2.45, 2.75) is 58.9 Å². The highest BCUT2D eigenvalue weighted by atomic mass is 15.4. The molecule has 0 radical (unpaired) electrons. The van der Waals surface area contributed by atoms with Crippen molar-refractivity contribution >= 4 is 0 Å². The maximum atomic E-state index is 4.51. The van der Waals surface area contributed by atoms with E-state index in [0.29, 0.717) is 0 Å². The maximum absolute atomic E-state index is 4.51. The summed E-state index contributed by atoms with van der Waals surface area (Å²) in [5.41, 5.74) is 5.42. The molecule has 0 bridgehead atoms. The molecule has 0 aliphatic rings. The SMILES string of the molecule is CCCCCCCCn1nnc(-c2ccc(C)cc2)c1-c1cccnc1. The zero-order valence-electron chi connectivity index (χ0n) is 15.9. The minimum atomic E-state index is 0.898. The minimum Gasteiger partial charge on any atom is -0.264 e. The molecule has 2 heterocycles. The lowest BCUT2D eigenvalue weighted by atomic mass is 10.0. The van der Waals surface area contributed by atoms with E-state index in [9.17, 15) is 0 Å². The number of benzene rings is 1. The first kappa shape index (κ1) is 18.3. The minimum absolute atomic E-state index is 0.898. The van der Waals surface area contributed by atoms with Gasteiger partial charge in [0.15, 0.2) is 0 Å². The van der Waals surface area contributed by atoms with Crippen molar-refractivity contribution in [3.05, 3.63) is 54.4 Å². The maximum Gasteiger partial charge on any atom is 0.121 e. The third kappa shape index (κ3) is 4.57. The van der Waals surface area contributed by atoms with Crippen molar-refractivity contribution in [2.24, 2.45) is 0 Å². The van der Waals surface area contributed by atoms with E-state index in [-0.39, 0.29) is 0 Å². The second-order valence-corrected chi connectivity index (χ2v) is 6.89. The van der Waals surface area contributed by atoms with Gasteiger partial charge in [-0.25, -0.2) is 4.68 Å². The Labute approximate surface area is 156 Å². The number of unbranched alkanes of at least 4 members (excludes halogenated alkanes) is 5. The summed E-state index contributed by atoms with van der Waals surface area (Å²) in [7, 11) is 0. The van der Waals surface area contributed by atoms with Crippen LogP contribution in [-0.2, 0) is 6.54 Å². The molecule has 0 spiro atoms. The third-order valence-corrected chi connectivity index (χ3v) is 4.72. The Morgan fingerprint density at radius 2 is 1.65 bits per heavy atom. The zero-order chi connectivity index (χ0) is 18.2. The van der Waals surface area contributed by atoms with Crippen LogP contribution in [0.3, 0.4) is 0 Å². The molecule has 0 saturated heterocycles. The van der Waals surface area contributed by atoms with Gasteiger partial charge in [0.05, 0.1) is 5.69 Å². The van der Waals surface area contributed by atoms with Crippen LogP contribution in [0.25, 0.3) is 22.5 Å². The van der Waals surface area contributed by atoms with Gasteiger partial charge in [-0.05, 0) is 25.5 Å². The molecule has 0 aliphatic heterocycles. The Morgan fingerprint density at radius 3 is 2.38 bits per heavy atom. The van der Waals surface area contributed by atoms with Crippen molar-refractivity contribution in [1.29, 1.82) is 0 Å². The lowest BCUT2D eigenvalue weighted by Crippen LogP contribution is -2.03. The van der Waals surface area contributed by atoms with E-state index >= 15 is 0 Å². The predicted molar refractivity (Wildman–Crippen MR) is 107 cm³/mol. The Bertz CT molecular complexity index is 791. The number of aryl methyl sites for hydroxylation is 2. The van der Waals surface area contributed by atoms with Crippen LogP contribution in [-0.4, -0.2) is 20.0 Å². The van der Waals surface area contributed by atoms with Crippen LogP contribution in [0.15, 0.2) is 48.8 Å². The molecular formula is C22H28N4. The molecule has 0 fully saturated rings. The molecule has 1 aromatic carbocycles. The second-order valence-electron chi connectivity index (χ2n) is 6.89. The van der Waals surface area contributed by atoms with E-state index in [2.05, 4.69) is 59.5 Å². The molecule has 0 amide bonds. The summed E-state index contributed by atoms with van der Waals surface area (Å²) in [5, 5.41) is 8.97. The molecule has 4 nitrogen and oxygen atoms in total. The van der Waals surface area contributed by atoms with Crippen LogP contribution >= 0.6 is 0 Å². The van der Waals surface area contributed by atoms with E-state index in [4.69, 9.17) is 0 Å². The number of pyridine rings is 1. The molecule has 4 heteroatoms. The van der Waals surface area contributed by atoms with Gasteiger partial charge < -0.3 is 0 Å². The van der Waals surface area contributed by atoms with Crippen LogP contribution in [0.4, 0.5) is 0 Å². The van der Waals surface area contributed by atoms with Crippen molar-refractivity contribution < 1.29 is 0 Å². The summed E-state index contributed by atoms with van der Waals surface area (Å²) in [5.74, 6) is 0. The number of hydrogen-bond acceptors (Lipinski definition) is 3. The van der Waals surface area contributed by atoms with Crippen LogP contribution in [0, 0.1) is 6.92 Å². The highest BCUT2D eigenvalue weighted by Crippen LogP contribution is 2.30. The topological polar surface area (TPSA) is 43.6 Å². The summed E-state index contributed by atoms with van der Waals surface area (Å²) in [4.78, 5) is 4.29. The van der Waals surface area contributed by atoms with Crippen molar-refractivity contribution in [3.8, 4) is 22.5 Å².